The molecule has 0 N–H and O–H groups in total. The minimum absolute atomic E-state index is 0.0297. The molecule has 25 heavy (non-hydrogen) atoms. The number of carbonyl (C=O) groups excluding carboxylic acids is 1. The van der Waals surface area contributed by atoms with Crippen LogP contribution in [0.3, 0.4) is 0 Å². The molecule has 4 rings (SSSR count). The number of rotatable bonds is 5. The molecule has 1 saturated carbocycles. The lowest BCUT2D eigenvalue weighted by atomic mass is 9.81. The minimum Gasteiger partial charge on any atom is -0.376 e. The summed E-state index contributed by atoms with van der Waals surface area (Å²) in [5.41, 5.74) is 1.57. The van der Waals surface area contributed by atoms with Crippen molar-refractivity contribution in [2.45, 2.75) is 32.8 Å². The van der Waals surface area contributed by atoms with Gasteiger partial charge in [0.05, 0.1) is 13.2 Å². The second-order valence-corrected chi connectivity index (χ2v) is 7.31. The van der Waals surface area contributed by atoms with E-state index in [1.165, 1.54) is 6.42 Å². The third-order valence-electron chi connectivity index (χ3n) is 5.56. The molecule has 2 atom stereocenters. The maximum atomic E-state index is 12.7. The fourth-order valence-electron chi connectivity index (χ4n) is 4.29. The number of pyridine rings is 1. The van der Waals surface area contributed by atoms with Gasteiger partial charge in [-0.05, 0) is 37.3 Å². The van der Waals surface area contributed by atoms with Gasteiger partial charge in [0.15, 0.2) is 5.69 Å². The molecular formula is C19H23N3O3. The highest BCUT2D eigenvalue weighted by Crippen LogP contribution is 2.49. The molecule has 0 radical (unpaired) electrons. The summed E-state index contributed by atoms with van der Waals surface area (Å²) in [5, 5.41) is 3.87. The first kappa shape index (κ1) is 16.3. The molecule has 2 aromatic heterocycles. The van der Waals surface area contributed by atoms with E-state index in [-0.39, 0.29) is 11.3 Å². The summed E-state index contributed by atoms with van der Waals surface area (Å²) < 4.78 is 11.1. The molecule has 1 aliphatic heterocycles. The molecule has 6 heteroatoms. The Labute approximate surface area is 147 Å². The van der Waals surface area contributed by atoms with Gasteiger partial charge in [0.1, 0.15) is 5.76 Å². The van der Waals surface area contributed by atoms with Crippen molar-refractivity contribution < 1.29 is 14.1 Å². The van der Waals surface area contributed by atoms with Crippen molar-refractivity contribution in [3.63, 3.8) is 0 Å². The summed E-state index contributed by atoms with van der Waals surface area (Å²) in [6, 6.07) is 5.65. The van der Waals surface area contributed by atoms with Crippen molar-refractivity contribution >= 4 is 5.91 Å². The SMILES string of the molecule is Cc1cc(C(=O)N2C[C@H]3CCC[C@@]3(COCc3cccnc3)C2)no1. The van der Waals surface area contributed by atoms with Crippen molar-refractivity contribution in [1.29, 1.82) is 0 Å². The van der Waals surface area contributed by atoms with Crippen LogP contribution in [-0.4, -0.2) is 40.6 Å². The average Bonchev–Trinajstić information content (AvgIpc) is 3.29. The summed E-state index contributed by atoms with van der Waals surface area (Å²) in [6.45, 7) is 4.60. The van der Waals surface area contributed by atoms with Crippen LogP contribution in [0.25, 0.3) is 0 Å². The highest BCUT2D eigenvalue weighted by molar-refractivity contribution is 5.92. The second kappa shape index (κ2) is 6.59. The number of carbonyl (C=O) groups is 1. The van der Waals surface area contributed by atoms with Gasteiger partial charge < -0.3 is 14.2 Å². The lowest BCUT2D eigenvalue weighted by molar-refractivity contribution is 0.0263. The normalized spacial score (nSPS) is 25.3. The van der Waals surface area contributed by atoms with Crippen LogP contribution in [0.15, 0.2) is 35.1 Å². The van der Waals surface area contributed by atoms with Crippen molar-refractivity contribution in [1.82, 2.24) is 15.0 Å². The third-order valence-corrected chi connectivity index (χ3v) is 5.56. The summed E-state index contributed by atoms with van der Waals surface area (Å²) >= 11 is 0. The molecule has 0 unspecified atom stereocenters. The van der Waals surface area contributed by atoms with E-state index in [1.54, 1.807) is 19.2 Å². The lowest BCUT2D eigenvalue weighted by Gasteiger charge is -2.28. The van der Waals surface area contributed by atoms with Crippen LogP contribution in [0.4, 0.5) is 0 Å². The molecule has 3 heterocycles. The van der Waals surface area contributed by atoms with Crippen molar-refractivity contribution in [3.05, 3.63) is 47.6 Å². The summed E-state index contributed by atoms with van der Waals surface area (Å²) in [4.78, 5) is 18.7. The number of hydrogen-bond acceptors (Lipinski definition) is 5. The first-order valence-electron chi connectivity index (χ1n) is 8.85. The number of hydrogen-bond donors (Lipinski definition) is 0. The largest absolute Gasteiger partial charge is 0.376 e. The summed E-state index contributed by atoms with van der Waals surface area (Å²) in [7, 11) is 0. The van der Waals surface area contributed by atoms with Crippen LogP contribution in [0, 0.1) is 18.3 Å². The Morgan fingerprint density at radius 3 is 3.20 bits per heavy atom. The number of likely N-dealkylation sites (tertiary alicyclic amines) is 1. The van der Waals surface area contributed by atoms with E-state index >= 15 is 0 Å². The van der Waals surface area contributed by atoms with Gasteiger partial charge in [-0.3, -0.25) is 9.78 Å². The van der Waals surface area contributed by atoms with Crippen LogP contribution in [-0.2, 0) is 11.3 Å². The Morgan fingerprint density at radius 2 is 2.44 bits per heavy atom. The Morgan fingerprint density at radius 1 is 1.52 bits per heavy atom. The maximum absolute atomic E-state index is 12.7. The average molecular weight is 341 g/mol. The fourth-order valence-corrected chi connectivity index (χ4v) is 4.29. The number of nitrogens with zero attached hydrogens (tertiary/aromatic N) is 3. The number of amides is 1. The standard InChI is InChI=1S/C19H23N3O3/c1-14-8-17(21-25-14)18(23)22-10-16-5-2-6-19(16,12-22)13-24-11-15-4-3-7-20-9-15/h3-4,7-9,16H,2,5-6,10-13H2,1H3/t16-,19+/m1/s1. The van der Waals surface area contributed by atoms with E-state index in [9.17, 15) is 4.79 Å². The molecule has 6 nitrogen and oxygen atoms in total. The van der Waals surface area contributed by atoms with Gasteiger partial charge in [-0.2, -0.15) is 0 Å². The number of aryl methyl sites for hydroxylation is 1. The third kappa shape index (κ3) is 3.18. The van der Waals surface area contributed by atoms with Gasteiger partial charge in [-0.15, -0.1) is 0 Å². The van der Waals surface area contributed by atoms with Gasteiger partial charge >= 0.3 is 0 Å². The van der Waals surface area contributed by atoms with E-state index < -0.39 is 0 Å². The van der Waals surface area contributed by atoms with E-state index in [2.05, 4.69) is 10.1 Å². The first-order chi connectivity index (χ1) is 12.2. The lowest BCUT2D eigenvalue weighted by Crippen LogP contribution is -2.34. The molecular weight excluding hydrogens is 318 g/mol. The Balaban J connectivity index is 1.41. The predicted octanol–water partition coefficient (Wildman–Crippen LogP) is 2.84. The zero-order valence-corrected chi connectivity index (χ0v) is 14.5. The van der Waals surface area contributed by atoms with E-state index in [1.807, 2.05) is 23.2 Å². The van der Waals surface area contributed by atoms with Crippen molar-refractivity contribution in [2.75, 3.05) is 19.7 Å². The zero-order valence-electron chi connectivity index (χ0n) is 14.5. The summed E-state index contributed by atoms with van der Waals surface area (Å²) in [6.07, 6.45) is 7.10. The van der Waals surface area contributed by atoms with Gasteiger partial charge in [0.2, 0.25) is 0 Å². The van der Waals surface area contributed by atoms with Crippen LogP contribution in [0.2, 0.25) is 0 Å². The molecule has 2 aliphatic rings. The quantitative estimate of drug-likeness (QED) is 0.836. The van der Waals surface area contributed by atoms with Crippen LogP contribution in [0.1, 0.15) is 41.1 Å². The highest BCUT2D eigenvalue weighted by Gasteiger charge is 2.51. The van der Waals surface area contributed by atoms with Crippen LogP contribution in [0.5, 0.6) is 0 Å². The van der Waals surface area contributed by atoms with Gasteiger partial charge in [0.25, 0.3) is 5.91 Å². The Kier molecular flexibility index (Phi) is 4.29. The molecule has 2 fully saturated rings. The second-order valence-electron chi connectivity index (χ2n) is 7.31. The molecule has 1 aliphatic carbocycles. The molecule has 1 saturated heterocycles. The Hall–Kier alpha value is -2.21. The zero-order chi connectivity index (χ0) is 17.3. The van der Waals surface area contributed by atoms with E-state index in [0.29, 0.717) is 30.6 Å². The topological polar surface area (TPSA) is 68.5 Å². The van der Waals surface area contributed by atoms with E-state index in [0.717, 1.165) is 31.5 Å². The van der Waals surface area contributed by atoms with Crippen LogP contribution < -0.4 is 0 Å². The number of aromatic nitrogens is 2. The number of ether oxygens (including phenoxy) is 1. The van der Waals surface area contributed by atoms with Crippen molar-refractivity contribution in [3.8, 4) is 0 Å². The monoisotopic (exact) mass is 341 g/mol. The molecule has 1 amide bonds. The fraction of sp³-hybridized carbons (Fsp3) is 0.526. The molecule has 0 bridgehead atoms. The van der Waals surface area contributed by atoms with Gasteiger partial charge in [-0.1, -0.05) is 17.6 Å². The Bertz CT molecular complexity index is 745. The van der Waals surface area contributed by atoms with Gasteiger partial charge in [0, 0.05) is 37.0 Å². The maximum Gasteiger partial charge on any atom is 0.276 e. The van der Waals surface area contributed by atoms with Crippen LogP contribution >= 0.6 is 0 Å². The molecule has 0 spiro atoms. The van der Waals surface area contributed by atoms with E-state index in [4.69, 9.17) is 9.26 Å². The van der Waals surface area contributed by atoms with Crippen molar-refractivity contribution in [2.24, 2.45) is 11.3 Å². The predicted molar refractivity (Wildman–Crippen MR) is 90.8 cm³/mol. The molecule has 132 valence electrons. The summed E-state index contributed by atoms with van der Waals surface area (Å²) in [5.74, 6) is 1.15. The highest BCUT2D eigenvalue weighted by atomic mass is 16.5. The first-order valence-corrected chi connectivity index (χ1v) is 8.85. The molecule has 2 aromatic rings. The number of fused-ring (bicyclic) bond motifs is 1. The smallest absolute Gasteiger partial charge is 0.276 e. The van der Waals surface area contributed by atoms with Gasteiger partial charge in [-0.25, -0.2) is 0 Å². The molecule has 0 aromatic carbocycles. The minimum atomic E-state index is -0.0297.